The number of methoxy groups -OCH3 is 2. The van der Waals surface area contributed by atoms with E-state index >= 15 is 0 Å². The van der Waals surface area contributed by atoms with Crippen molar-refractivity contribution in [3.63, 3.8) is 0 Å². The maximum atomic E-state index is 11.9. The summed E-state index contributed by atoms with van der Waals surface area (Å²) < 4.78 is 28.7. The Morgan fingerprint density at radius 2 is 1.47 bits per heavy atom. The van der Waals surface area contributed by atoms with Crippen molar-refractivity contribution in [3.05, 3.63) is 88.7 Å². The van der Waals surface area contributed by atoms with E-state index in [1.807, 2.05) is 48.5 Å². The summed E-state index contributed by atoms with van der Waals surface area (Å²) in [5.74, 6) is -1.15. The number of benzene rings is 2. The number of carboxylic acids is 2. The SMILES string of the molecule is COc1ccc(COCC2OC(c3ccc(C(=O)O)nc3C(=O)O)CC2OCc2ccc(OC)cc2)cc1. The van der Waals surface area contributed by atoms with Crippen LogP contribution in [0.4, 0.5) is 0 Å². The number of nitrogens with zero attached hydrogens (tertiary/aromatic N) is 1. The van der Waals surface area contributed by atoms with E-state index in [2.05, 4.69) is 4.98 Å². The normalized spacial score (nSPS) is 18.7. The Kier molecular flexibility index (Phi) is 8.90. The molecule has 2 aromatic carbocycles. The van der Waals surface area contributed by atoms with Crippen LogP contribution >= 0.6 is 0 Å². The van der Waals surface area contributed by atoms with Gasteiger partial charge in [-0.2, -0.15) is 0 Å². The average molecular weight is 524 g/mol. The molecule has 2 N–H and O–H groups in total. The minimum absolute atomic E-state index is 0.207. The number of pyridine rings is 1. The molecule has 1 aromatic heterocycles. The van der Waals surface area contributed by atoms with Crippen molar-refractivity contribution in [1.29, 1.82) is 0 Å². The molecule has 2 heterocycles. The lowest BCUT2D eigenvalue weighted by atomic mass is 10.0. The Labute approximate surface area is 219 Å². The molecule has 0 saturated carbocycles. The Hall–Kier alpha value is -3.99. The molecule has 0 amide bonds. The molecule has 3 unspecified atom stereocenters. The van der Waals surface area contributed by atoms with Crippen molar-refractivity contribution in [2.24, 2.45) is 0 Å². The summed E-state index contributed by atoms with van der Waals surface area (Å²) in [6.45, 7) is 0.857. The van der Waals surface area contributed by atoms with Crippen molar-refractivity contribution >= 4 is 11.9 Å². The van der Waals surface area contributed by atoms with Crippen LogP contribution in [0.1, 0.15) is 50.2 Å². The van der Waals surface area contributed by atoms with Crippen molar-refractivity contribution in [1.82, 2.24) is 4.98 Å². The van der Waals surface area contributed by atoms with Crippen molar-refractivity contribution in [2.45, 2.75) is 37.9 Å². The molecule has 1 aliphatic heterocycles. The topological polar surface area (TPSA) is 134 Å². The van der Waals surface area contributed by atoms with Gasteiger partial charge in [0.15, 0.2) is 5.69 Å². The van der Waals surface area contributed by atoms with Gasteiger partial charge in [-0.15, -0.1) is 0 Å². The molecule has 10 heteroatoms. The molecule has 3 aromatic rings. The fourth-order valence-electron chi connectivity index (χ4n) is 4.20. The van der Waals surface area contributed by atoms with Gasteiger partial charge < -0.3 is 33.9 Å². The van der Waals surface area contributed by atoms with Gasteiger partial charge in [0.05, 0.1) is 46.2 Å². The summed E-state index contributed by atoms with van der Waals surface area (Å²) in [5.41, 5.74) is 1.47. The molecule has 4 rings (SSSR count). The van der Waals surface area contributed by atoms with Crippen LogP contribution in [-0.4, -0.2) is 60.2 Å². The first-order valence-corrected chi connectivity index (χ1v) is 12.0. The smallest absolute Gasteiger partial charge is 0.354 e. The standard InChI is InChI=1S/C28H29NO9/c1-34-19-7-3-17(4-8-19)14-36-16-25-24(37-15-18-5-9-20(35-2)10-6-18)13-23(38-25)21-11-12-22(27(30)31)29-26(21)28(32)33/h3-12,23-25H,13-16H2,1-2H3,(H,30,31)(H,32,33). The number of hydrogen-bond donors (Lipinski definition) is 2. The van der Waals surface area contributed by atoms with Gasteiger partial charge in [-0.1, -0.05) is 30.3 Å². The average Bonchev–Trinajstić information content (AvgIpc) is 3.34. The maximum absolute atomic E-state index is 11.9. The summed E-state index contributed by atoms with van der Waals surface area (Å²) in [5, 5.41) is 18.9. The third kappa shape index (κ3) is 6.65. The fraction of sp³-hybridized carbons (Fsp3) is 0.321. The fourth-order valence-corrected chi connectivity index (χ4v) is 4.20. The van der Waals surface area contributed by atoms with Crippen LogP contribution in [0.2, 0.25) is 0 Å². The Balaban J connectivity index is 1.48. The summed E-state index contributed by atoms with van der Waals surface area (Å²) in [6.07, 6.45) is -1.20. The minimum Gasteiger partial charge on any atom is -0.497 e. The van der Waals surface area contributed by atoms with E-state index in [9.17, 15) is 19.8 Å². The predicted octanol–water partition coefficient (Wildman–Crippen LogP) is 4.13. The molecule has 0 spiro atoms. The van der Waals surface area contributed by atoms with Gasteiger partial charge in [-0.3, -0.25) is 0 Å². The molecule has 1 aliphatic rings. The van der Waals surface area contributed by atoms with E-state index in [1.54, 1.807) is 14.2 Å². The zero-order chi connectivity index (χ0) is 27.1. The molecule has 10 nitrogen and oxygen atoms in total. The third-order valence-electron chi connectivity index (χ3n) is 6.23. The highest BCUT2D eigenvalue weighted by Gasteiger charge is 2.39. The van der Waals surface area contributed by atoms with E-state index in [1.165, 1.54) is 12.1 Å². The minimum atomic E-state index is -1.33. The quantitative estimate of drug-likeness (QED) is 0.357. The highest BCUT2D eigenvalue weighted by atomic mass is 16.6. The second-order valence-corrected chi connectivity index (χ2v) is 8.70. The van der Waals surface area contributed by atoms with Gasteiger partial charge >= 0.3 is 11.9 Å². The first kappa shape index (κ1) is 27.1. The number of ether oxygens (including phenoxy) is 5. The van der Waals surface area contributed by atoms with Crippen LogP contribution in [0.5, 0.6) is 11.5 Å². The van der Waals surface area contributed by atoms with Crippen LogP contribution in [0.15, 0.2) is 60.7 Å². The van der Waals surface area contributed by atoms with Crippen LogP contribution < -0.4 is 9.47 Å². The molecular formula is C28H29NO9. The van der Waals surface area contributed by atoms with Crippen molar-refractivity contribution < 1.29 is 43.5 Å². The Morgan fingerprint density at radius 3 is 2.03 bits per heavy atom. The van der Waals surface area contributed by atoms with Gasteiger partial charge in [-0.25, -0.2) is 14.6 Å². The predicted molar refractivity (Wildman–Crippen MR) is 135 cm³/mol. The van der Waals surface area contributed by atoms with E-state index < -0.39 is 30.3 Å². The highest BCUT2D eigenvalue weighted by Crippen LogP contribution is 2.37. The number of aromatic nitrogens is 1. The van der Waals surface area contributed by atoms with E-state index in [-0.39, 0.29) is 18.0 Å². The number of hydrogen-bond acceptors (Lipinski definition) is 8. The lowest BCUT2D eigenvalue weighted by molar-refractivity contribution is -0.0717. The second-order valence-electron chi connectivity index (χ2n) is 8.70. The number of carbonyl (C=O) groups is 2. The molecular weight excluding hydrogens is 494 g/mol. The molecule has 0 bridgehead atoms. The van der Waals surface area contributed by atoms with Gasteiger partial charge in [0.1, 0.15) is 23.3 Å². The molecule has 0 radical (unpaired) electrons. The molecule has 38 heavy (non-hydrogen) atoms. The zero-order valence-corrected chi connectivity index (χ0v) is 21.0. The van der Waals surface area contributed by atoms with Gasteiger partial charge in [0, 0.05) is 12.0 Å². The molecule has 0 aliphatic carbocycles. The lowest BCUT2D eigenvalue weighted by Crippen LogP contribution is -2.29. The van der Waals surface area contributed by atoms with Gasteiger partial charge in [0.25, 0.3) is 0 Å². The summed E-state index contributed by atoms with van der Waals surface area (Å²) in [7, 11) is 3.20. The number of carboxylic acid groups (broad SMARTS) is 2. The maximum Gasteiger partial charge on any atom is 0.354 e. The molecule has 3 atom stereocenters. The van der Waals surface area contributed by atoms with Crippen molar-refractivity contribution in [3.8, 4) is 11.5 Å². The zero-order valence-electron chi connectivity index (χ0n) is 21.0. The monoisotopic (exact) mass is 523 g/mol. The highest BCUT2D eigenvalue weighted by molar-refractivity contribution is 5.91. The molecule has 1 fully saturated rings. The van der Waals surface area contributed by atoms with E-state index in [4.69, 9.17) is 23.7 Å². The van der Waals surface area contributed by atoms with Gasteiger partial charge in [-0.05, 0) is 41.5 Å². The van der Waals surface area contributed by atoms with Crippen LogP contribution in [-0.2, 0) is 27.4 Å². The lowest BCUT2D eigenvalue weighted by Gasteiger charge is -2.19. The van der Waals surface area contributed by atoms with E-state index in [0.717, 1.165) is 22.6 Å². The van der Waals surface area contributed by atoms with Crippen LogP contribution in [0, 0.1) is 0 Å². The van der Waals surface area contributed by atoms with Crippen molar-refractivity contribution in [2.75, 3.05) is 20.8 Å². The number of rotatable bonds is 12. The van der Waals surface area contributed by atoms with E-state index in [0.29, 0.717) is 25.2 Å². The van der Waals surface area contributed by atoms with Gasteiger partial charge in [0.2, 0.25) is 0 Å². The summed E-state index contributed by atoms with van der Waals surface area (Å²) in [6, 6.07) is 17.7. The largest absolute Gasteiger partial charge is 0.497 e. The third-order valence-corrected chi connectivity index (χ3v) is 6.23. The number of aromatic carboxylic acids is 2. The summed E-state index contributed by atoms with van der Waals surface area (Å²) >= 11 is 0. The van der Waals surface area contributed by atoms with Crippen LogP contribution in [0.3, 0.4) is 0 Å². The Morgan fingerprint density at radius 1 is 0.868 bits per heavy atom. The summed E-state index contributed by atoms with van der Waals surface area (Å²) in [4.78, 5) is 27.0. The van der Waals surface area contributed by atoms with Crippen LogP contribution in [0.25, 0.3) is 0 Å². The molecule has 1 saturated heterocycles. The molecule has 200 valence electrons. The first-order valence-electron chi connectivity index (χ1n) is 12.0. The Bertz CT molecular complexity index is 1240. The second kappa shape index (κ2) is 12.5. The first-order chi connectivity index (χ1) is 18.4.